The highest BCUT2D eigenvalue weighted by atomic mass is 35.5. The van der Waals surface area contributed by atoms with Crippen LogP contribution in [-0.2, 0) is 4.79 Å². The molecule has 0 amide bonds. The van der Waals surface area contributed by atoms with Crippen molar-refractivity contribution in [1.29, 1.82) is 0 Å². The summed E-state index contributed by atoms with van der Waals surface area (Å²) in [6.45, 7) is 6.60. The SMILES string of the molecule is CC(C)(C)C1CC(=Cc2ccc(Cl)cc2Cl)C(=O)C(=Cc2ccc(Cl)cc2Cl)C1. The Kier molecular flexibility index (Phi) is 6.85. The van der Waals surface area contributed by atoms with Crippen molar-refractivity contribution in [1.82, 2.24) is 0 Å². The zero-order chi connectivity index (χ0) is 21.3. The van der Waals surface area contributed by atoms with E-state index >= 15 is 0 Å². The fourth-order valence-electron chi connectivity index (χ4n) is 3.47. The van der Waals surface area contributed by atoms with Gasteiger partial charge in [-0.1, -0.05) is 79.3 Å². The van der Waals surface area contributed by atoms with Crippen LogP contribution in [0.5, 0.6) is 0 Å². The molecule has 1 fully saturated rings. The third-order valence-corrected chi connectivity index (χ3v) is 6.45. The molecule has 1 nitrogen and oxygen atoms in total. The summed E-state index contributed by atoms with van der Waals surface area (Å²) >= 11 is 24.7. The second kappa shape index (κ2) is 8.86. The van der Waals surface area contributed by atoms with E-state index in [-0.39, 0.29) is 11.2 Å². The number of Topliss-reactive ketones (excluding diaryl/α,β-unsaturated/α-hetero) is 1. The lowest BCUT2D eigenvalue weighted by molar-refractivity contribution is -0.113. The number of rotatable bonds is 2. The van der Waals surface area contributed by atoms with E-state index in [1.165, 1.54) is 0 Å². The molecule has 2 aromatic carbocycles. The van der Waals surface area contributed by atoms with Gasteiger partial charge in [-0.25, -0.2) is 0 Å². The van der Waals surface area contributed by atoms with Gasteiger partial charge in [-0.05, 0) is 71.7 Å². The molecule has 1 aliphatic rings. The lowest BCUT2D eigenvalue weighted by Crippen LogP contribution is -2.29. The van der Waals surface area contributed by atoms with Crippen molar-refractivity contribution in [3.8, 4) is 0 Å². The molecule has 152 valence electrons. The molecule has 0 radical (unpaired) electrons. The predicted molar refractivity (Wildman–Crippen MR) is 126 cm³/mol. The van der Waals surface area contributed by atoms with Gasteiger partial charge in [0.2, 0.25) is 0 Å². The van der Waals surface area contributed by atoms with Gasteiger partial charge >= 0.3 is 0 Å². The molecule has 0 spiro atoms. The van der Waals surface area contributed by atoms with E-state index in [0.29, 0.717) is 38.9 Å². The van der Waals surface area contributed by atoms with Gasteiger partial charge in [0, 0.05) is 31.2 Å². The van der Waals surface area contributed by atoms with Crippen LogP contribution in [0.25, 0.3) is 12.2 Å². The lowest BCUT2D eigenvalue weighted by atomic mass is 9.68. The summed E-state index contributed by atoms with van der Waals surface area (Å²) in [6.07, 6.45) is 5.17. The molecule has 0 N–H and O–H groups in total. The first-order chi connectivity index (χ1) is 13.5. The Hall–Kier alpha value is -1.25. The van der Waals surface area contributed by atoms with Gasteiger partial charge in [0.1, 0.15) is 0 Å². The van der Waals surface area contributed by atoms with Crippen LogP contribution in [0.3, 0.4) is 0 Å². The van der Waals surface area contributed by atoms with E-state index in [9.17, 15) is 4.79 Å². The van der Waals surface area contributed by atoms with Crippen molar-refractivity contribution >= 4 is 64.3 Å². The number of carbonyl (C=O) groups is 1. The fourth-order valence-corrected chi connectivity index (χ4v) is 4.39. The first-order valence-corrected chi connectivity index (χ1v) is 10.9. The van der Waals surface area contributed by atoms with Gasteiger partial charge in [-0.2, -0.15) is 0 Å². The molecule has 3 rings (SSSR count). The summed E-state index contributed by atoms with van der Waals surface area (Å²) < 4.78 is 0. The predicted octanol–water partition coefficient (Wildman–Crippen LogP) is 8.79. The first-order valence-electron chi connectivity index (χ1n) is 9.40. The molecule has 29 heavy (non-hydrogen) atoms. The monoisotopic (exact) mass is 466 g/mol. The molecule has 5 heteroatoms. The van der Waals surface area contributed by atoms with Crippen LogP contribution >= 0.6 is 46.4 Å². The molecule has 0 atom stereocenters. The third-order valence-electron chi connectivity index (χ3n) is 5.33. The Balaban J connectivity index is 2.06. The number of hydrogen-bond acceptors (Lipinski definition) is 1. The number of carbonyl (C=O) groups excluding carboxylic acids is 1. The van der Waals surface area contributed by atoms with Gasteiger partial charge in [0.15, 0.2) is 5.78 Å². The van der Waals surface area contributed by atoms with Crippen molar-refractivity contribution in [3.05, 3.63) is 78.8 Å². The highest BCUT2D eigenvalue weighted by Gasteiger charge is 2.34. The van der Waals surface area contributed by atoms with Crippen LogP contribution in [-0.4, -0.2) is 5.78 Å². The van der Waals surface area contributed by atoms with Crippen molar-refractivity contribution in [2.45, 2.75) is 33.6 Å². The molecular weight excluding hydrogens is 446 g/mol. The number of allylic oxidation sites excluding steroid dienone is 2. The molecule has 2 aromatic rings. The average molecular weight is 468 g/mol. The summed E-state index contributed by atoms with van der Waals surface area (Å²) in [4.78, 5) is 13.3. The minimum absolute atomic E-state index is 0.0301. The zero-order valence-electron chi connectivity index (χ0n) is 16.5. The van der Waals surface area contributed by atoms with Gasteiger partial charge < -0.3 is 0 Å². The summed E-state index contributed by atoms with van der Waals surface area (Å²) in [5.41, 5.74) is 3.12. The molecule has 0 heterocycles. The van der Waals surface area contributed by atoms with Crippen LogP contribution in [0.4, 0.5) is 0 Å². The highest BCUT2D eigenvalue weighted by molar-refractivity contribution is 6.36. The number of halogens is 4. The maximum Gasteiger partial charge on any atom is 0.185 e. The molecule has 0 aromatic heterocycles. The van der Waals surface area contributed by atoms with Gasteiger partial charge in [-0.15, -0.1) is 0 Å². The normalized spacial score (nSPS) is 20.5. The van der Waals surface area contributed by atoms with E-state index in [2.05, 4.69) is 20.8 Å². The van der Waals surface area contributed by atoms with Crippen molar-refractivity contribution in [3.63, 3.8) is 0 Å². The number of ketones is 1. The van der Waals surface area contributed by atoms with E-state index < -0.39 is 0 Å². The summed E-state index contributed by atoms with van der Waals surface area (Å²) in [6, 6.07) is 10.6. The van der Waals surface area contributed by atoms with E-state index in [4.69, 9.17) is 46.4 Å². The average Bonchev–Trinajstić information content (AvgIpc) is 2.61. The van der Waals surface area contributed by atoms with E-state index in [1.54, 1.807) is 24.3 Å². The van der Waals surface area contributed by atoms with Crippen LogP contribution in [0.2, 0.25) is 20.1 Å². The van der Waals surface area contributed by atoms with Crippen LogP contribution in [0.15, 0.2) is 47.5 Å². The molecular formula is C24H22Cl4O. The summed E-state index contributed by atoms with van der Waals surface area (Å²) in [5, 5.41) is 2.19. The maximum atomic E-state index is 13.3. The van der Waals surface area contributed by atoms with Gasteiger partial charge in [0.05, 0.1) is 0 Å². The molecule has 0 bridgehead atoms. The largest absolute Gasteiger partial charge is 0.289 e. The molecule has 0 aliphatic heterocycles. The van der Waals surface area contributed by atoms with Crippen LogP contribution < -0.4 is 0 Å². The fraction of sp³-hybridized carbons (Fsp3) is 0.292. The highest BCUT2D eigenvalue weighted by Crippen LogP contribution is 2.42. The van der Waals surface area contributed by atoms with Crippen molar-refractivity contribution in [2.24, 2.45) is 11.3 Å². The second-order valence-electron chi connectivity index (χ2n) is 8.47. The van der Waals surface area contributed by atoms with E-state index in [0.717, 1.165) is 22.3 Å². The quantitative estimate of drug-likeness (QED) is 0.403. The molecule has 1 saturated carbocycles. The van der Waals surface area contributed by atoms with Crippen molar-refractivity contribution < 1.29 is 4.79 Å². The smallest absolute Gasteiger partial charge is 0.185 e. The third kappa shape index (κ3) is 5.47. The Labute approximate surface area is 192 Å². The van der Waals surface area contributed by atoms with Gasteiger partial charge in [-0.3, -0.25) is 4.79 Å². The van der Waals surface area contributed by atoms with Gasteiger partial charge in [0.25, 0.3) is 0 Å². The Morgan fingerprint density at radius 1 is 0.793 bits per heavy atom. The second-order valence-corrected chi connectivity index (χ2v) is 10.2. The number of benzene rings is 2. The van der Waals surface area contributed by atoms with Crippen LogP contribution in [0.1, 0.15) is 44.7 Å². The first kappa shape index (κ1) is 22.4. The molecule has 0 saturated heterocycles. The van der Waals surface area contributed by atoms with Crippen molar-refractivity contribution in [2.75, 3.05) is 0 Å². The topological polar surface area (TPSA) is 17.1 Å². The lowest BCUT2D eigenvalue weighted by Gasteiger charge is -2.35. The zero-order valence-corrected chi connectivity index (χ0v) is 19.6. The minimum atomic E-state index is 0.0301. The molecule has 0 unspecified atom stereocenters. The minimum Gasteiger partial charge on any atom is -0.289 e. The Morgan fingerprint density at radius 3 is 1.55 bits per heavy atom. The Bertz CT molecular complexity index is 939. The maximum absolute atomic E-state index is 13.3. The van der Waals surface area contributed by atoms with Crippen LogP contribution in [0, 0.1) is 11.3 Å². The summed E-state index contributed by atoms with van der Waals surface area (Å²) in [5.74, 6) is 0.345. The Morgan fingerprint density at radius 2 is 1.21 bits per heavy atom. The van der Waals surface area contributed by atoms with E-state index in [1.807, 2.05) is 24.3 Å². The molecule has 1 aliphatic carbocycles. The summed E-state index contributed by atoms with van der Waals surface area (Å²) in [7, 11) is 0. The standard InChI is InChI=1S/C24H22Cl4O/c1-24(2,3)18-10-16(8-14-4-6-19(25)12-21(14)27)23(29)17(11-18)9-15-5-7-20(26)13-22(15)28/h4-9,12-13,18H,10-11H2,1-3H3. The number of hydrogen-bond donors (Lipinski definition) is 0.